The average Bonchev–Trinajstić information content (AvgIpc) is 3.53. The zero-order valence-corrected chi connectivity index (χ0v) is 20.3. The van der Waals surface area contributed by atoms with E-state index >= 15 is 0 Å². The Kier molecular flexibility index (Phi) is 5.99. The average molecular weight is 517 g/mol. The van der Waals surface area contributed by atoms with Crippen molar-refractivity contribution < 1.29 is 23.5 Å². The van der Waals surface area contributed by atoms with Crippen LogP contribution in [0.2, 0.25) is 0 Å². The lowest BCUT2D eigenvalue weighted by atomic mass is 9.99. The largest absolute Gasteiger partial charge is 0.857 e. The number of fused-ring (bicyclic) bond motifs is 1. The van der Waals surface area contributed by atoms with Crippen LogP contribution in [0, 0.1) is 5.82 Å². The Labute approximate surface area is 214 Å². The Morgan fingerprint density at radius 2 is 1.86 bits per heavy atom. The highest BCUT2D eigenvalue weighted by atomic mass is 32.1. The number of nitrogen functional groups attached to an aromatic ring is 1. The molecule has 186 valence electrons. The van der Waals surface area contributed by atoms with E-state index in [0.717, 1.165) is 16.9 Å². The summed E-state index contributed by atoms with van der Waals surface area (Å²) in [7, 11) is 0. The number of benzene rings is 2. The van der Waals surface area contributed by atoms with Gasteiger partial charge in [0.05, 0.1) is 47.4 Å². The maximum atomic E-state index is 14.1. The van der Waals surface area contributed by atoms with Crippen molar-refractivity contribution in [2.45, 2.75) is 0 Å². The number of anilines is 1. The van der Waals surface area contributed by atoms with E-state index in [1.165, 1.54) is 23.1 Å². The SMILES string of the molecule is Nc1c(/C([O-])=N/c2c[n+](N3CCOCC3)no2)sc2nc(-c3ccccc3)cc(-c3cccc(F)c3)c12. The molecule has 2 aromatic carbocycles. The van der Waals surface area contributed by atoms with Gasteiger partial charge in [0.25, 0.3) is 6.20 Å². The van der Waals surface area contributed by atoms with Gasteiger partial charge in [0, 0.05) is 16.8 Å². The molecule has 0 spiro atoms. The van der Waals surface area contributed by atoms with Gasteiger partial charge in [-0.1, -0.05) is 42.5 Å². The van der Waals surface area contributed by atoms with Crippen LogP contribution >= 0.6 is 11.3 Å². The summed E-state index contributed by atoms with van der Waals surface area (Å²) in [6, 6.07) is 17.7. The molecule has 0 unspecified atom stereocenters. The van der Waals surface area contributed by atoms with Crippen LogP contribution in [0.3, 0.4) is 0 Å². The quantitative estimate of drug-likeness (QED) is 0.217. The second-order valence-corrected chi connectivity index (χ2v) is 9.40. The Balaban J connectivity index is 1.45. The number of halogens is 1. The molecule has 0 saturated carbocycles. The van der Waals surface area contributed by atoms with Gasteiger partial charge in [-0.25, -0.2) is 14.4 Å². The zero-order chi connectivity index (χ0) is 25.4. The van der Waals surface area contributed by atoms with E-state index in [1.807, 2.05) is 41.4 Å². The molecule has 1 saturated heterocycles. The number of ether oxygens (including phenoxy) is 1. The number of nitrogens with two attached hydrogens (primary N) is 1. The van der Waals surface area contributed by atoms with Crippen molar-refractivity contribution in [2.75, 3.05) is 37.0 Å². The molecule has 5 aromatic rings. The molecule has 0 aliphatic carbocycles. The highest BCUT2D eigenvalue weighted by Crippen LogP contribution is 2.41. The van der Waals surface area contributed by atoms with Crippen LogP contribution in [0.1, 0.15) is 4.88 Å². The summed E-state index contributed by atoms with van der Waals surface area (Å²) in [5.41, 5.74) is 9.63. The number of hydrogen-bond acceptors (Lipinski definition) is 9. The summed E-state index contributed by atoms with van der Waals surface area (Å²) >= 11 is 1.14. The topological polar surface area (TPSA) is 117 Å². The van der Waals surface area contributed by atoms with Crippen LogP contribution in [0.5, 0.6) is 0 Å². The third-order valence-electron chi connectivity index (χ3n) is 6.03. The van der Waals surface area contributed by atoms with E-state index < -0.39 is 5.90 Å². The lowest BCUT2D eigenvalue weighted by molar-refractivity contribution is -0.759. The number of thiophene rings is 1. The number of nitrogens with zero attached hydrogens (tertiary/aromatic N) is 5. The first-order chi connectivity index (χ1) is 18.1. The molecule has 11 heteroatoms. The Morgan fingerprint density at radius 1 is 1.08 bits per heavy atom. The van der Waals surface area contributed by atoms with Gasteiger partial charge in [0.2, 0.25) is 5.27 Å². The van der Waals surface area contributed by atoms with Gasteiger partial charge in [-0.2, -0.15) is 0 Å². The van der Waals surface area contributed by atoms with Gasteiger partial charge in [0.1, 0.15) is 10.6 Å². The molecule has 0 amide bonds. The van der Waals surface area contributed by atoms with Crippen molar-refractivity contribution >= 4 is 39.0 Å². The number of pyridine rings is 1. The van der Waals surface area contributed by atoms with Crippen LogP contribution in [-0.4, -0.2) is 42.5 Å². The van der Waals surface area contributed by atoms with E-state index in [-0.39, 0.29) is 22.3 Å². The van der Waals surface area contributed by atoms with Crippen molar-refractivity contribution in [3.05, 3.63) is 77.6 Å². The number of rotatable bonds is 5. The predicted molar refractivity (Wildman–Crippen MR) is 137 cm³/mol. The van der Waals surface area contributed by atoms with Crippen LogP contribution in [0.25, 0.3) is 32.6 Å². The van der Waals surface area contributed by atoms with Crippen molar-refractivity contribution in [2.24, 2.45) is 4.99 Å². The first-order valence-corrected chi connectivity index (χ1v) is 12.4. The van der Waals surface area contributed by atoms with Crippen molar-refractivity contribution in [3.8, 4) is 22.4 Å². The lowest BCUT2D eigenvalue weighted by Gasteiger charge is -2.18. The molecular weight excluding hydrogens is 495 g/mol. The highest BCUT2D eigenvalue weighted by Gasteiger charge is 2.23. The molecule has 37 heavy (non-hydrogen) atoms. The molecule has 0 radical (unpaired) electrons. The Morgan fingerprint density at radius 3 is 2.65 bits per heavy atom. The standard InChI is InChI=1S/C26H21FN6O3S/c27-18-8-4-7-17(13-18)19-14-20(16-5-2-1-3-6-16)29-26-22(19)23(28)24(37-26)25(34)30-21-15-33(31-36-21)32-9-11-35-12-10-32/h1-8,13-15H,9-12H2,(H2-,28,30,31,34). The maximum Gasteiger partial charge on any atom is 0.324 e. The Hall–Kier alpha value is -4.35. The number of aliphatic imine (C=N–C) groups is 1. The molecule has 0 atom stereocenters. The molecule has 4 heterocycles. The van der Waals surface area contributed by atoms with Crippen molar-refractivity contribution in [3.63, 3.8) is 0 Å². The molecule has 2 N–H and O–H groups in total. The van der Waals surface area contributed by atoms with E-state index in [1.54, 1.807) is 12.1 Å². The summed E-state index contributed by atoms with van der Waals surface area (Å²) < 4.78 is 24.8. The fraction of sp³-hybridized carbons (Fsp3) is 0.154. The molecule has 1 aliphatic heterocycles. The molecule has 1 aliphatic rings. The fourth-order valence-electron chi connectivity index (χ4n) is 4.24. The number of morpholine rings is 1. The highest BCUT2D eigenvalue weighted by molar-refractivity contribution is 7.21. The number of aromatic nitrogens is 3. The monoisotopic (exact) mass is 516 g/mol. The van der Waals surface area contributed by atoms with Crippen molar-refractivity contribution in [1.82, 2.24) is 10.3 Å². The summed E-state index contributed by atoms with van der Waals surface area (Å²) in [5.74, 6) is -0.892. The second kappa shape index (κ2) is 9.60. The number of hydrogen-bond donors (Lipinski definition) is 1. The fourth-order valence-corrected chi connectivity index (χ4v) is 5.25. The zero-order valence-electron chi connectivity index (χ0n) is 19.5. The van der Waals surface area contributed by atoms with Gasteiger partial charge in [-0.05, 0) is 29.3 Å². The summed E-state index contributed by atoms with van der Waals surface area (Å²) in [6.45, 7) is 2.45. The van der Waals surface area contributed by atoms with Crippen LogP contribution in [0.4, 0.5) is 16.0 Å². The lowest BCUT2D eigenvalue weighted by Crippen LogP contribution is -2.62. The normalized spacial score (nSPS) is 14.4. The predicted octanol–water partition coefficient (Wildman–Crippen LogP) is 3.03. The minimum atomic E-state index is -0.572. The second-order valence-electron chi connectivity index (χ2n) is 8.40. The van der Waals surface area contributed by atoms with Crippen LogP contribution in [-0.2, 0) is 4.74 Å². The van der Waals surface area contributed by atoms with Crippen molar-refractivity contribution in [1.29, 1.82) is 0 Å². The minimum Gasteiger partial charge on any atom is -0.857 e. The molecule has 3 aromatic heterocycles. The van der Waals surface area contributed by atoms with Gasteiger partial charge in [-0.3, -0.25) is 4.52 Å². The molecule has 6 rings (SSSR count). The third-order valence-corrected chi connectivity index (χ3v) is 7.12. The van der Waals surface area contributed by atoms with Gasteiger partial charge in [0.15, 0.2) is 0 Å². The molecule has 0 bridgehead atoms. The molecular formula is C26H21FN6O3S. The smallest absolute Gasteiger partial charge is 0.324 e. The minimum absolute atomic E-state index is 0.0524. The Bertz CT molecular complexity index is 1610. The summed E-state index contributed by atoms with van der Waals surface area (Å²) in [4.78, 5) is 11.2. The summed E-state index contributed by atoms with van der Waals surface area (Å²) in [5, 5.41) is 19.6. The summed E-state index contributed by atoms with van der Waals surface area (Å²) in [6.07, 6.45) is 1.54. The first-order valence-electron chi connectivity index (χ1n) is 11.6. The third kappa shape index (κ3) is 4.50. The van der Waals surface area contributed by atoms with E-state index in [2.05, 4.69) is 10.3 Å². The van der Waals surface area contributed by atoms with Gasteiger partial charge < -0.3 is 15.6 Å². The van der Waals surface area contributed by atoms with Gasteiger partial charge in [-0.15, -0.1) is 16.3 Å². The first kappa shape index (κ1) is 23.1. The molecule has 1 fully saturated rings. The van der Waals surface area contributed by atoms with E-state index in [9.17, 15) is 9.50 Å². The van der Waals surface area contributed by atoms with Crippen LogP contribution < -0.4 is 20.6 Å². The van der Waals surface area contributed by atoms with E-state index in [4.69, 9.17) is 20.0 Å². The van der Waals surface area contributed by atoms with E-state index in [0.29, 0.717) is 53.3 Å². The van der Waals surface area contributed by atoms with Crippen LogP contribution in [0.15, 0.2) is 76.4 Å². The maximum absolute atomic E-state index is 14.1. The molecule has 9 nitrogen and oxygen atoms in total. The van der Waals surface area contributed by atoms with Gasteiger partial charge >= 0.3 is 5.88 Å².